The van der Waals surface area contributed by atoms with Crippen LogP contribution in [0.3, 0.4) is 0 Å². The lowest BCUT2D eigenvalue weighted by atomic mass is 10.2. The number of ether oxygens (including phenoxy) is 1. The van der Waals surface area contributed by atoms with Crippen LogP contribution in [-0.2, 0) is 17.5 Å². The minimum absolute atomic E-state index is 0.188. The summed E-state index contributed by atoms with van der Waals surface area (Å²) in [4.78, 5) is 20.7. The second-order valence-corrected chi connectivity index (χ2v) is 5.91. The lowest BCUT2D eigenvalue weighted by Crippen LogP contribution is -2.07. The number of carbonyl (C=O) groups is 1. The summed E-state index contributed by atoms with van der Waals surface area (Å²) in [5.74, 6) is 1.03. The van der Waals surface area contributed by atoms with Crippen molar-refractivity contribution in [1.29, 1.82) is 0 Å². The number of hydrogen-bond acceptors (Lipinski definition) is 9. The molecule has 0 saturated carbocycles. The van der Waals surface area contributed by atoms with Crippen molar-refractivity contribution >= 4 is 34.6 Å². The van der Waals surface area contributed by atoms with E-state index in [0.29, 0.717) is 22.7 Å². The fourth-order valence-electron chi connectivity index (χ4n) is 2.23. The fraction of sp³-hybridized carbons (Fsp3) is 0.357. The minimum atomic E-state index is -0.495. The van der Waals surface area contributed by atoms with Crippen molar-refractivity contribution in [3.05, 3.63) is 23.5 Å². The van der Waals surface area contributed by atoms with E-state index in [1.54, 1.807) is 24.7 Å². The van der Waals surface area contributed by atoms with E-state index in [0.717, 1.165) is 5.16 Å². The summed E-state index contributed by atoms with van der Waals surface area (Å²) in [5, 5.41) is 8.92. The van der Waals surface area contributed by atoms with Gasteiger partial charge in [0.2, 0.25) is 5.71 Å². The molecule has 10 heteroatoms. The zero-order chi connectivity index (χ0) is 17.3. The van der Waals surface area contributed by atoms with Crippen LogP contribution in [0.25, 0.3) is 11.1 Å². The third kappa shape index (κ3) is 2.92. The van der Waals surface area contributed by atoms with E-state index >= 15 is 0 Å². The molecule has 3 aromatic heterocycles. The number of carbonyl (C=O) groups excluding carboxylic acids is 1. The molecule has 0 aromatic carbocycles. The number of anilines is 1. The first-order chi connectivity index (χ1) is 11.5. The first-order valence-corrected chi connectivity index (χ1v) is 8.19. The molecule has 24 heavy (non-hydrogen) atoms. The maximum absolute atomic E-state index is 12.1. The minimum Gasteiger partial charge on any atom is -0.462 e. The molecule has 126 valence electrons. The van der Waals surface area contributed by atoms with Crippen LogP contribution in [-0.4, -0.2) is 37.3 Å². The molecule has 3 aromatic rings. The quantitative estimate of drug-likeness (QED) is 0.542. The van der Waals surface area contributed by atoms with Gasteiger partial charge in [-0.25, -0.2) is 9.78 Å². The molecular formula is C14H16N6O3S. The van der Waals surface area contributed by atoms with Gasteiger partial charge in [0.05, 0.1) is 17.7 Å². The third-order valence-electron chi connectivity index (χ3n) is 3.28. The molecule has 0 amide bonds. The zero-order valence-corrected chi connectivity index (χ0v) is 14.3. The van der Waals surface area contributed by atoms with Gasteiger partial charge in [0.25, 0.3) is 0 Å². The molecule has 3 rings (SSSR count). The molecule has 3 heterocycles. The van der Waals surface area contributed by atoms with Gasteiger partial charge in [-0.05, 0) is 13.8 Å². The Morgan fingerprint density at radius 2 is 2.25 bits per heavy atom. The third-order valence-corrected chi connectivity index (χ3v) is 4.31. The Morgan fingerprint density at radius 1 is 1.46 bits per heavy atom. The van der Waals surface area contributed by atoms with Crippen molar-refractivity contribution in [2.45, 2.75) is 24.8 Å². The van der Waals surface area contributed by atoms with Crippen molar-refractivity contribution in [3.63, 3.8) is 0 Å². The van der Waals surface area contributed by atoms with Crippen LogP contribution in [0, 0.1) is 6.92 Å². The first-order valence-electron chi connectivity index (χ1n) is 7.20. The molecule has 0 saturated heterocycles. The molecule has 0 aliphatic rings. The Morgan fingerprint density at radius 3 is 2.92 bits per heavy atom. The Balaban J connectivity index is 1.93. The lowest BCUT2D eigenvalue weighted by Gasteiger charge is -2.03. The van der Waals surface area contributed by atoms with Crippen molar-refractivity contribution in [2.24, 2.45) is 7.05 Å². The van der Waals surface area contributed by atoms with Crippen LogP contribution in [0.2, 0.25) is 0 Å². The number of thioether (sulfide) groups is 1. The van der Waals surface area contributed by atoms with Crippen molar-refractivity contribution in [3.8, 4) is 0 Å². The summed E-state index contributed by atoms with van der Waals surface area (Å²) < 4.78 is 12.4. The van der Waals surface area contributed by atoms with Gasteiger partial charge in [0, 0.05) is 7.05 Å². The van der Waals surface area contributed by atoms with Gasteiger partial charge in [-0.2, -0.15) is 4.98 Å². The molecular weight excluding hydrogens is 332 g/mol. The number of hydrogen-bond donors (Lipinski definition) is 1. The lowest BCUT2D eigenvalue weighted by molar-refractivity contribution is 0.0526. The standard InChI is InChI=1S/C14H16N6O3S/c1-4-22-13(21)9-7(2)23-12-10(9)11(15)17-8(18-12)5-24-14-19-16-6-20(14)3/h6H,4-5H2,1-3H3,(H2,15,17,18). The summed E-state index contributed by atoms with van der Waals surface area (Å²) >= 11 is 1.42. The molecule has 2 N–H and O–H groups in total. The summed E-state index contributed by atoms with van der Waals surface area (Å²) in [6.45, 7) is 3.66. The zero-order valence-electron chi connectivity index (χ0n) is 13.4. The van der Waals surface area contributed by atoms with Crippen LogP contribution >= 0.6 is 11.8 Å². The molecule has 0 bridgehead atoms. The van der Waals surface area contributed by atoms with Crippen LogP contribution in [0.1, 0.15) is 28.9 Å². The van der Waals surface area contributed by atoms with Crippen LogP contribution in [0.15, 0.2) is 15.9 Å². The SMILES string of the molecule is CCOC(=O)c1c(C)oc2nc(CSc3nncn3C)nc(N)c12. The highest BCUT2D eigenvalue weighted by Gasteiger charge is 2.23. The average Bonchev–Trinajstić information content (AvgIpc) is 3.08. The molecule has 0 atom stereocenters. The van der Waals surface area contributed by atoms with Crippen LogP contribution < -0.4 is 5.73 Å². The van der Waals surface area contributed by atoms with E-state index in [4.69, 9.17) is 14.9 Å². The molecule has 0 aliphatic carbocycles. The molecule has 9 nitrogen and oxygen atoms in total. The van der Waals surface area contributed by atoms with Crippen LogP contribution in [0.5, 0.6) is 0 Å². The van der Waals surface area contributed by atoms with Gasteiger partial charge >= 0.3 is 5.97 Å². The second-order valence-electron chi connectivity index (χ2n) is 4.97. The predicted molar refractivity (Wildman–Crippen MR) is 87.5 cm³/mol. The van der Waals surface area contributed by atoms with Gasteiger partial charge in [0.1, 0.15) is 29.3 Å². The number of furan rings is 1. The smallest absolute Gasteiger partial charge is 0.342 e. The number of nitrogens with zero attached hydrogens (tertiary/aromatic N) is 5. The summed E-state index contributed by atoms with van der Waals surface area (Å²) in [5.41, 5.74) is 6.57. The fourth-order valence-corrected chi connectivity index (χ4v) is 2.97. The van der Waals surface area contributed by atoms with E-state index in [9.17, 15) is 4.79 Å². The first kappa shape index (κ1) is 16.2. The van der Waals surface area contributed by atoms with E-state index < -0.39 is 5.97 Å². The highest BCUT2D eigenvalue weighted by atomic mass is 32.2. The number of nitrogens with two attached hydrogens (primary N) is 1. The number of nitrogen functional groups attached to an aromatic ring is 1. The number of fused-ring (bicyclic) bond motifs is 1. The second kappa shape index (κ2) is 6.48. The highest BCUT2D eigenvalue weighted by molar-refractivity contribution is 7.98. The number of aryl methyl sites for hydroxylation is 2. The van der Waals surface area contributed by atoms with Crippen molar-refractivity contribution < 1.29 is 13.9 Å². The maximum Gasteiger partial charge on any atom is 0.342 e. The molecule has 0 aliphatic heterocycles. The topological polar surface area (TPSA) is 122 Å². The molecule has 0 fully saturated rings. The highest BCUT2D eigenvalue weighted by Crippen LogP contribution is 2.30. The molecule has 0 radical (unpaired) electrons. The van der Waals surface area contributed by atoms with Crippen LogP contribution in [0.4, 0.5) is 5.82 Å². The maximum atomic E-state index is 12.1. The summed E-state index contributed by atoms with van der Waals surface area (Å²) in [7, 11) is 1.85. The Hall–Kier alpha value is -2.62. The van der Waals surface area contributed by atoms with Crippen molar-refractivity contribution in [1.82, 2.24) is 24.7 Å². The van der Waals surface area contributed by atoms with Gasteiger partial charge in [-0.1, -0.05) is 11.8 Å². The van der Waals surface area contributed by atoms with Gasteiger partial charge in [0.15, 0.2) is 5.16 Å². The normalized spacial score (nSPS) is 11.1. The van der Waals surface area contributed by atoms with Gasteiger partial charge < -0.3 is 19.5 Å². The number of esters is 1. The summed E-state index contributed by atoms with van der Waals surface area (Å²) in [6.07, 6.45) is 1.61. The monoisotopic (exact) mass is 348 g/mol. The van der Waals surface area contributed by atoms with E-state index in [2.05, 4.69) is 20.2 Å². The number of aromatic nitrogens is 5. The van der Waals surface area contributed by atoms with Gasteiger partial charge in [-0.15, -0.1) is 10.2 Å². The van der Waals surface area contributed by atoms with E-state index in [1.165, 1.54) is 11.8 Å². The molecule has 0 unspecified atom stereocenters. The largest absolute Gasteiger partial charge is 0.462 e. The Kier molecular flexibility index (Phi) is 4.38. The van der Waals surface area contributed by atoms with E-state index in [-0.39, 0.29) is 23.7 Å². The van der Waals surface area contributed by atoms with Gasteiger partial charge in [-0.3, -0.25) is 0 Å². The number of rotatable bonds is 5. The predicted octanol–water partition coefficient (Wildman–Crippen LogP) is 1.71. The van der Waals surface area contributed by atoms with E-state index in [1.807, 2.05) is 7.05 Å². The van der Waals surface area contributed by atoms with Crippen molar-refractivity contribution in [2.75, 3.05) is 12.3 Å². The Labute approximate surface area is 141 Å². The average molecular weight is 348 g/mol. The summed E-state index contributed by atoms with van der Waals surface area (Å²) in [6, 6.07) is 0. The Bertz CT molecular complexity index is 903. The molecule has 0 spiro atoms.